The zero-order valence-corrected chi connectivity index (χ0v) is 16.5. The number of benzene rings is 2. The highest BCUT2D eigenvalue weighted by Crippen LogP contribution is 2.31. The summed E-state index contributed by atoms with van der Waals surface area (Å²) in [4.78, 5) is 13.6. The monoisotopic (exact) mass is 432 g/mol. The van der Waals surface area contributed by atoms with Gasteiger partial charge in [-0.25, -0.2) is 4.79 Å². The molecule has 0 heterocycles. The number of carbonyl (C=O) groups is 1. The predicted octanol–water partition coefficient (Wildman–Crippen LogP) is 4.83. The van der Waals surface area contributed by atoms with Crippen molar-refractivity contribution in [3.05, 3.63) is 47.5 Å². The smallest absolute Gasteiger partial charge is 0.422 e. The average molecular weight is 433 g/mol. The summed E-state index contributed by atoms with van der Waals surface area (Å²) in [6, 6.07) is 10.5. The third-order valence-corrected chi connectivity index (χ3v) is 3.91. The summed E-state index contributed by atoms with van der Waals surface area (Å²) in [5, 5.41) is 3.17. The number of rotatable bonds is 8. The van der Waals surface area contributed by atoms with E-state index in [1.807, 2.05) is 0 Å². The number of anilines is 1. The van der Waals surface area contributed by atoms with E-state index in [1.54, 1.807) is 31.3 Å². The Balaban J connectivity index is 1.90. The van der Waals surface area contributed by atoms with E-state index in [-0.39, 0.29) is 30.3 Å². The molecule has 0 bridgehead atoms. The van der Waals surface area contributed by atoms with Gasteiger partial charge in [-0.15, -0.1) is 0 Å². The predicted molar refractivity (Wildman–Crippen MR) is 103 cm³/mol. The van der Waals surface area contributed by atoms with E-state index in [1.165, 1.54) is 30.2 Å². The van der Waals surface area contributed by atoms with Crippen molar-refractivity contribution in [2.45, 2.75) is 6.18 Å². The number of hydrogen-bond acceptors (Lipinski definition) is 4. The second kappa shape index (κ2) is 10.1. The van der Waals surface area contributed by atoms with E-state index in [2.05, 4.69) is 5.32 Å². The van der Waals surface area contributed by atoms with Crippen molar-refractivity contribution in [1.82, 2.24) is 4.90 Å². The minimum atomic E-state index is -4.49. The molecule has 0 saturated heterocycles. The molecule has 0 spiro atoms. The van der Waals surface area contributed by atoms with E-state index in [9.17, 15) is 18.0 Å². The molecule has 2 aromatic carbocycles. The minimum absolute atomic E-state index is 0.122. The Morgan fingerprint density at radius 2 is 1.79 bits per heavy atom. The number of methoxy groups -OCH3 is 1. The van der Waals surface area contributed by atoms with Crippen LogP contribution in [0.4, 0.5) is 23.7 Å². The lowest BCUT2D eigenvalue weighted by Crippen LogP contribution is -2.34. The van der Waals surface area contributed by atoms with Crippen LogP contribution in [-0.4, -0.2) is 51.0 Å². The summed E-state index contributed by atoms with van der Waals surface area (Å²) in [6.07, 6.45) is -4.49. The van der Waals surface area contributed by atoms with Crippen molar-refractivity contribution in [3.8, 4) is 17.2 Å². The number of likely N-dealkylation sites (N-methyl/N-ethyl adjacent to an activating group) is 1. The maximum atomic E-state index is 12.4. The first-order chi connectivity index (χ1) is 13.7. The number of urea groups is 1. The number of hydrogen-bond donors (Lipinski definition) is 1. The first kappa shape index (κ1) is 22.5. The Labute approximate surface area is 171 Å². The molecule has 158 valence electrons. The van der Waals surface area contributed by atoms with Crippen molar-refractivity contribution in [3.63, 3.8) is 0 Å². The summed E-state index contributed by atoms with van der Waals surface area (Å²) < 4.78 is 52.4. The molecule has 0 aliphatic rings. The summed E-state index contributed by atoms with van der Waals surface area (Å²) in [6.45, 7) is -0.946. The highest BCUT2D eigenvalue weighted by atomic mass is 35.5. The topological polar surface area (TPSA) is 60.0 Å². The van der Waals surface area contributed by atoms with Crippen LogP contribution in [0.5, 0.6) is 17.2 Å². The van der Waals surface area contributed by atoms with Gasteiger partial charge in [0, 0.05) is 23.8 Å². The van der Waals surface area contributed by atoms with Crippen LogP contribution < -0.4 is 19.5 Å². The molecule has 10 heteroatoms. The number of ether oxygens (including phenoxy) is 3. The van der Waals surface area contributed by atoms with Crippen LogP contribution in [-0.2, 0) is 0 Å². The van der Waals surface area contributed by atoms with Gasteiger partial charge in [0.15, 0.2) is 18.1 Å². The summed E-state index contributed by atoms with van der Waals surface area (Å²) in [5.41, 5.74) is 0.262. The molecule has 6 nitrogen and oxygen atoms in total. The van der Waals surface area contributed by atoms with E-state index in [0.717, 1.165) is 0 Å². The lowest BCUT2D eigenvalue weighted by molar-refractivity contribution is -0.153. The number of nitrogens with one attached hydrogen (secondary N) is 1. The SMILES string of the molecule is COc1ccc(NC(=O)N(C)CCOc2ccc(Cl)cc2)cc1OCC(F)(F)F. The van der Waals surface area contributed by atoms with Crippen LogP contribution in [0.2, 0.25) is 5.02 Å². The molecule has 29 heavy (non-hydrogen) atoms. The number of nitrogens with zero attached hydrogens (tertiary/aromatic N) is 1. The molecule has 2 rings (SSSR count). The Bertz CT molecular complexity index is 816. The van der Waals surface area contributed by atoms with Crippen LogP contribution in [0, 0.1) is 0 Å². The van der Waals surface area contributed by atoms with E-state index in [0.29, 0.717) is 10.8 Å². The first-order valence-corrected chi connectivity index (χ1v) is 8.84. The van der Waals surface area contributed by atoms with Gasteiger partial charge in [-0.2, -0.15) is 13.2 Å². The molecule has 1 N–H and O–H groups in total. The van der Waals surface area contributed by atoms with Gasteiger partial charge < -0.3 is 24.4 Å². The lowest BCUT2D eigenvalue weighted by Gasteiger charge is -2.19. The number of amides is 2. The normalized spacial score (nSPS) is 11.0. The van der Waals surface area contributed by atoms with Crippen LogP contribution in [0.1, 0.15) is 0 Å². The molecular formula is C19H20ClF3N2O4. The molecule has 2 amide bonds. The van der Waals surface area contributed by atoms with Gasteiger partial charge in [0.25, 0.3) is 0 Å². The van der Waals surface area contributed by atoms with E-state index in [4.69, 9.17) is 25.8 Å². The van der Waals surface area contributed by atoms with E-state index < -0.39 is 18.8 Å². The van der Waals surface area contributed by atoms with Gasteiger partial charge in [-0.3, -0.25) is 0 Å². The van der Waals surface area contributed by atoms with Gasteiger partial charge in [0.2, 0.25) is 0 Å². The van der Waals surface area contributed by atoms with Crippen LogP contribution >= 0.6 is 11.6 Å². The third kappa shape index (κ3) is 7.61. The fourth-order valence-corrected chi connectivity index (χ4v) is 2.30. The van der Waals surface area contributed by atoms with Crippen LogP contribution in [0.3, 0.4) is 0 Å². The maximum absolute atomic E-state index is 12.4. The van der Waals surface area contributed by atoms with Crippen molar-refractivity contribution in [1.29, 1.82) is 0 Å². The van der Waals surface area contributed by atoms with Gasteiger partial charge in [0.1, 0.15) is 12.4 Å². The van der Waals surface area contributed by atoms with Crippen molar-refractivity contribution < 1.29 is 32.2 Å². The number of halogens is 4. The van der Waals surface area contributed by atoms with Crippen LogP contribution in [0.25, 0.3) is 0 Å². The molecule has 0 fully saturated rings. The van der Waals surface area contributed by atoms with Gasteiger partial charge in [-0.1, -0.05) is 11.6 Å². The molecule has 0 aromatic heterocycles. The highest BCUT2D eigenvalue weighted by molar-refractivity contribution is 6.30. The van der Waals surface area contributed by atoms with Gasteiger partial charge in [-0.05, 0) is 36.4 Å². The molecule has 0 atom stereocenters. The Hall–Kier alpha value is -2.81. The fraction of sp³-hybridized carbons (Fsp3) is 0.316. The standard InChI is InChI=1S/C19H20ClF3N2O4/c1-25(9-10-28-15-6-3-13(20)4-7-15)18(26)24-14-5-8-16(27-2)17(11-14)29-12-19(21,22)23/h3-8,11H,9-10,12H2,1-2H3,(H,24,26). The van der Waals surface area contributed by atoms with Crippen molar-refractivity contribution in [2.24, 2.45) is 0 Å². The second-order valence-corrected chi connectivity index (χ2v) is 6.36. The minimum Gasteiger partial charge on any atom is -0.493 e. The van der Waals surface area contributed by atoms with Crippen molar-refractivity contribution in [2.75, 3.05) is 39.2 Å². The molecule has 0 aliphatic heterocycles. The highest BCUT2D eigenvalue weighted by Gasteiger charge is 2.29. The zero-order valence-electron chi connectivity index (χ0n) is 15.8. The molecule has 0 unspecified atom stereocenters. The number of carbonyl (C=O) groups excluding carboxylic acids is 1. The second-order valence-electron chi connectivity index (χ2n) is 5.92. The van der Waals surface area contributed by atoms with Gasteiger partial charge >= 0.3 is 12.2 Å². The summed E-state index contributed by atoms with van der Waals surface area (Å²) >= 11 is 5.80. The summed E-state index contributed by atoms with van der Waals surface area (Å²) in [5.74, 6) is 0.609. The van der Waals surface area contributed by atoms with Crippen LogP contribution in [0.15, 0.2) is 42.5 Å². The Morgan fingerprint density at radius 1 is 1.10 bits per heavy atom. The molecular weight excluding hydrogens is 413 g/mol. The first-order valence-electron chi connectivity index (χ1n) is 8.46. The van der Waals surface area contributed by atoms with E-state index >= 15 is 0 Å². The molecule has 0 aliphatic carbocycles. The largest absolute Gasteiger partial charge is 0.493 e. The quantitative estimate of drug-likeness (QED) is 0.649. The molecule has 0 saturated carbocycles. The maximum Gasteiger partial charge on any atom is 0.422 e. The molecule has 0 radical (unpaired) electrons. The van der Waals surface area contributed by atoms with Gasteiger partial charge in [0.05, 0.1) is 13.7 Å². The summed E-state index contributed by atoms with van der Waals surface area (Å²) in [7, 11) is 2.87. The fourth-order valence-electron chi connectivity index (χ4n) is 2.18. The number of alkyl halides is 3. The van der Waals surface area contributed by atoms with Crippen molar-refractivity contribution >= 4 is 23.3 Å². The lowest BCUT2D eigenvalue weighted by atomic mass is 10.2. The average Bonchev–Trinajstić information content (AvgIpc) is 2.67. The Morgan fingerprint density at radius 3 is 2.41 bits per heavy atom. The Kier molecular flexibility index (Phi) is 7.83. The zero-order chi connectivity index (χ0) is 21.4. The molecule has 2 aromatic rings. The third-order valence-electron chi connectivity index (χ3n) is 3.66.